The topological polar surface area (TPSA) is 72.2 Å². The molecule has 3 aromatic heterocycles. The monoisotopic (exact) mass is 295 g/mol. The van der Waals surface area contributed by atoms with E-state index in [1.54, 1.807) is 24.5 Å². The second-order valence-corrected chi connectivity index (χ2v) is 5.36. The van der Waals surface area contributed by atoms with Gasteiger partial charge >= 0.3 is 0 Å². The summed E-state index contributed by atoms with van der Waals surface area (Å²) >= 11 is 0. The summed E-state index contributed by atoms with van der Waals surface area (Å²) in [6.45, 7) is 4.49. The summed E-state index contributed by atoms with van der Waals surface area (Å²) in [7, 11) is 0. The van der Waals surface area contributed by atoms with E-state index in [1.807, 2.05) is 36.4 Å². The van der Waals surface area contributed by atoms with E-state index in [9.17, 15) is 4.79 Å². The van der Waals surface area contributed by atoms with Crippen LogP contribution in [-0.2, 0) is 6.54 Å². The number of rotatable bonds is 4. The minimum atomic E-state index is -0.143. The van der Waals surface area contributed by atoms with Crippen molar-refractivity contribution in [3.63, 3.8) is 0 Å². The first-order valence-electron chi connectivity index (χ1n) is 7.18. The molecule has 3 rings (SSSR count). The number of hydrogen-bond acceptors (Lipinski definition) is 4. The van der Waals surface area contributed by atoms with Gasteiger partial charge in [0, 0.05) is 18.3 Å². The van der Waals surface area contributed by atoms with E-state index in [0.717, 1.165) is 17.2 Å². The summed E-state index contributed by atoms with van der Waals surface area (Å²) in [6.07, 6.45) is 3.48. The van der Waals surface area contributed by atoms with Crippen LogP contribution < -0.4 is 5.32 Å². The Labute approximate surface area is 128 Å². The van der Waals surface area contributed by atoms with Gasteiger partial charge in [0.25, 0.3) is 5.91 Å². The molecule has 1 N–H and O–H groups in total. The quantitative estimate of drug-likeness (QED) is 0.800. The van der Waals surface area contributed by atoms with Crippen molar-refractivity contribution in [1.82, 2.24) is 24.9 Å². The van der Waals surface area contributed by atoms with E-state index in [-0.39, 0.29) is 11.8 Å². The van der Waals surface area contributed by atoms with Crippen molar-refractivity contribution in [3.8, 4) is 0 Å². The second-order valence-electron chi connectivity index (χ2n) is 5.36. The second kappa shape index (κ2) is 5.93. The van der Waals surface area contributed by atoms with Gasteiger partial charge in [-0.1, -0.05) is 19.9 Å². The fourth-order valence-electron chi connectivity index (χ4n) is 2.21. The third-order valence-corrected chi connectivity index (χ3v) is 3.36. The first kappa shape index (κ1) is 14.2. The molecule has 0 saturated carbocycles. The first-order valence-corrected chi connectivity index (χ1v) is 7.18. The number of pyridine rings is 2. The smallest absolute Gasteiger partial charge is 0.253 e. The molecule has 3 aromatic rings. The van der Waals surface area contributed by atoms with Gasteiger partial charge < -0.3 is 5.32 Å². The number of nitrogens with one attached hydrogen (secondary N) is 1. The van der Waals surface area contributed by atoms with Gasteiger partial charge in [-0.05, 0) is 24.3 Å². The van der Waals surface area contributed by atoms with E-state index >= 15 is 0 Å². The number of nitrogens with zero attached hydrogens (tertiary/aromatic N) is 4. The SMILES string of the molecule is CC(C)c1nnc2ccc(C(=O)NCc3ccccn3)cn12. The highest BCUT2D eigenvalue weighted by Crippen LogP contribution is 2.14. The Morgan fingerprint density at radius 3 is 2.82 bits per heavy atom. The van der Waals surface area contributed by atoms with Crippen LogP contribution in [0.15, 0.2) is 42.7 Å². The van der Waals surface area contributed by atoms with E-state index in [4.69, 9.17) is 0 Å². The molecule has 0 fully saturated rings. The Hall–Kier alpha value is -2.76. The van der Waals surface area contributed by atoms with Crippen LogP contribution in [0.3, 0.4) is 0 Å². The lowest BCUT2D eigenvalue weighted by atomic mass is 10.2. The highest BCUT2D eigenvalue weighted by atomic mass is 16.1. The maximum atomic E-state index is 12.3. The highest BCUT2D eigenvalue weighted by Gasteiger charge is 2.12. The van der Waals surface area contributed by atoms with Gasteiger partial charge in [-0.3, -0.25) is 14.2 Å². The summed E-state index contributed by atoms with van der Waals surface area (Å²) in [4.78, 5) is 16.5. The van der Waals surface area contributed by atoms with Crippen LogP contribution in [0.2, 0.25) is 0 Å². The average Bonchev–Trinajstić information content (AvgIpc) is 2.96. The van der Waals surface area contributed by atoms with Gasteiger partial charge in [0.1, 0.15) is 5.82 Å². The van der Waals surface area contributed by atoms with Crippen LogP contribution in [0.5, 0.6) is 0 Å². The fourth-order valence-corrected chi connectivity index (χ4v) is 2.21. The zero-order valence-corrected chi connectivity index (χ0v) is 12.5. The van der Waals surface area contributed by atoms with Crippen molar-refractivity contribution in [3.05, 3.63) is 59.8 Å². The summed E-state index contributed by atoms with van der Waals surface area (Å²) in [6, 6.07) is 9.17. The van der Waals surface area contributed by atoms with Gasteiger partial charge in [0.2, 0.25) is 0 Å². The van der Waals surface area contributed by atoms with Crippen LogP contribution in [0.1, 0.15) is 41.6 Å². The van der Waals surface area contributed by atoms with Crippen molar-refractivity contribution >= 4 is 11.6 Å². The van der Waals surface area contributed by atoms with Crippen molar-refractivity contribution in [2.45, 2.75) is 26.3 Å². The molecule has 0 bridgehead atoms. The minimum Gasteiger partial charge on any atom is -0.346 e. The molecule has 0 aliphatic carbocycles. The van der Waals surface area contributed by atoms with E-state index in [0.29, 0.717) is 12.1 Å². The summed E-state index contributed by atoms with van der Waals surface area (Å²) in [5.74, 6) is 0.937. The summed E-state index contributed by atoms with van der Waals surface area (Å²) in [5, 5.41) is 11.1. The van der Waals surface area contributed by atoms with Crippen LogP contribution >= 0.6 is 0 Å². The molecule has 0 saturated heterocycles. The molecule has 0 spiro atoms. The molecular weight excluding hydrogens is 278 g/mol. The lowest BCUT2D eigenvalue weighted by molar-refractivity contribution is 0.0950. The maximum absolute atomic E-state index is 12.3. The van der Waals surface area contributed by atoms with Gasteiger partial charge in [-0.15, -0.1) is 10.2 Å². The number of hydrogen-bond donors (Lipinski definition) is 1. The summed E-state index contributed by atoms with van der Waals surface area (Å²) < 4.78 is 1.86. The molecule has 112 valence electrons. The number of amides is 1. The number of aromatic nitrogens is 4. The molecule has 6 heteroatoms. The lowest BCUT2D eigenvalue weighted by Gasteiger charge is -2.07. The molecule has 0 radical (unpaired) electrons. The molecule has 22 heavy (non-hydrogen) atoms. The average molecular weight is 295 g/mol. The standard InChI is InChI=1S/C16H17N5O/c1-11(2)15-20-19-14-7-6-12(10-21(14)15)16(22)18-9-13-5-3-4-8-17-13/h3-8,10-11H,9H2,1-2H3,(H,18,22). The predicted octanol–water partition coefficient (Wildman–Crippen LogP) is 2.18. The minimum absolute atomic E-state index is 0.143. The summed E-state index contributed by atoms with van der Waals surface area (Å²) in [5.41, 5.74) is 2.14. The maximum Gasteiger partial charge on any atom is 0.253 e. The molecule has 0 unspecified atom stereocenters. The zero-order valence-electron chi connectivity index (χ0n) is 12.5. The van der Waals surface area contributed by atoms with Crippen LogP contribution in [-0.4, -0.2) is 25.5 Å². The van der Waals surface area contributed by atoms with Gasteiger partial charge in [0.05, 0.1) is 17.8 Å². The zero-order chi connectivity index (χ0) is 15.5. The molecule has 1 amide bonds. The molecule has 3 heterocycles. The van der Waals surface area contributed by atoms with Crippen molar-refractivity contribution in [2.24, 2.45) is 0 Å². The normalized spacial score (nSPS) is 11.0. The van der Waals surface area contributed by atoms with Crippen molar-refractivity contribution in [1.29, 1.82) is 0 Å². The fraction of sp³-hybridized carbons (Fsp3) is 0.250. The van der Waals surface area contributed by atoms with E-state index in [2.05, 4.69) is 20.5 Å². The Balaban J connectivity index is 1.80. The molecule has 0 aromatic carbocycles. The lowest BCUT2D eigenvalue weighted by Crippen LogP contribution is -2.23. The highest BCUT2D eigenvalue weighted by molar-refractivity contribution is 5.94. The molecule has 0 atom stereocenters. The Bertz CT molecular complexity index is 795. The Morgan fingerprint density at radius 2 is 2.09 bits per heavy atom. The van der Waals surface area contributed by atoms with Crippen LogP contribution in [0.25, 0.3) is 5.65 Å². The third-order valence-electron chi connectivity index (χ3n) is 3.36. The van der Waals surface area contributed by atoms with E-state index in [1.165, 1.54) is 0 Å². The van der Waals surface area contributed by atoms with Gasteiger partial charge in [-0.2, -0.15) is 0 Å². The van der Waals surface area contributed by atoms with Crippen molar-refractivity contribution in [2.75, 3.05) is 0 Å². The molecule has 0 aliphatic heterocycles. The molecule has 6 nitrogen and oxygen atoms in total. The van der Waals surface area contributed by atoms with Crippen LogP contribution in [0.4, 0.5) is 0 Å². The number of carbonyl (C=O) groups is 1. The number of carbonyl (C=O) groups excluding carboxylic acids is 1. The molecule has 0 aliphatic rings. The Morgan fingerprint density at radius 1 is 1.23 bits per heavy atom. The van der Waals surface area contributed by atoms with Crippen molar-refractivity contribution < 1.29 is 4.79 Å². The Kier molecular flexibility index (Phi) is 3.82. The number of fused-ring (bicyclic) bond motifs is 1. The first-order chi connectivity index (χ1) is 10.6. The third kappa shape index (κ3) is 2.81. The van der Waals surface area contributed by atoms with Crippen LogP contribution in [0, 0.1) is 0 Å². The predicted molar refractivity (Wildman–Crippen MR) is 82.5 cm³/mol. The van der Waals surface area contributed by atoms with Gasteiger partial charge in [0.15, 0.2) is 5.65 Å². The largest absolute Gasteiger partial charge is 0.346 e. The molecular formula is C16H17N5O. The van der Waals surface area contributed by atoms with Gasteiger partial charge in [-0.25, -0.2) is 0 Å². The van der Waals surface area contributed by atoms with E-state index < -0.39 is 0 Å².